The lowest BCUT2D eigenvalue weighted by Gasteiger charge is -2.31. The first-order valence-electron chi connectivity index (χ1n) is 10.0. The van der Waals surface area contributed by atoms with Crippen LogP contribution in [0.15, 0.2) is 48.5 Å². The molecule has 0 spiro atoms. The molecule has 2 atom stereocenters. The Balaban J connectivity index is 2.17. The van der Waals surface area contributed by atoms with Crippen LogP contribution in [0.5, 0.6) is 0 Å². The van der Waals surface area contributed by atoms with Gasteiger partial charge in [0.15, 0.2) is 0 Å². The van der Waals surface area contributed by atoms with Crippen LogP contribution in [0, 0.1) is 13.8 Å². The van der Waals surface area contributed by atoms with Gasteiger partial charge < -0.3 is 5.32 Å². The van der Waals surface area contributed by atoms with Crippen LogP contribution in [0.1, 0.15) is 43.4 Å². The molecule has 1 N–H and O–H groups in total. The smallest absolute Gasteiger partial charge is 0.244 e. The van der Waals surface area contributed by atoms with Crippen LogP contribution >= 0.6 is 0 Å². The average Bonchev–Trinajstić information content (AvgIpc) is 2.63. The fourth-order valence-electron chi connectivity index (χ4n) is 3.58. The van der Waals surface area contributed by atoms with Crippen LogP contribution in [0.25, 0.3) is 0 Å². The van der Waals surface area contributed by atoms with Gasteiger partial charge in [-0.25, -0.2) is 8.42 Å². The van der Waals surface area contributed by atoms with Crippen LogP contribution in [-0.4, -0.2) is 32.7 Å². The largest absolute Gasteiger partial charge is 0.352 e. The summed E-state index contributed by atoms with van der Waals surface area (Å²) in [7, 11) is -3.63. The SMILES string of the molecule is CC[C@H](C(=O)N[C@@H](C)CCc1ccccc1)N(c1cc(C)cc(C)c1)S(C)(=O)=O. The van der Waals surface area contributed by atoms with Crippen LogP contribution in [-0.2, 0) is 21.2 Å². The van der Waals surface area contributed by atoms with E-state index in [4.69, 9.17) is 0 Å². The monoisotopic (exact) mass is 416 g/mol. The number of benzene rings is 2. The van der Waals surface area contributed by atoms with Gasteiger partial charge in [-0.1, -0.05) is 43.3 Å². The Morgan fingerprint density at radius 2 is 1.66 bits per heavy atom. The third-order valence-corrected chi connectivity index (χ3v) is 6.07. The summed E-state index contributed by atoms with van der Waals surface area (Å²) in [5.74, 6) is -0.266. The third kappa shape index (κ3) is 6.60. The predicted octanol–water partition coefficient (Wildman–Crippen LogP) is 3.99. The summed E-state index contributed by atoms with van der Waals surface area (Å²) in [4.78, 5) is 13.0. The van der Waals surface area contributed by atoms with Crippen LogP contribution < -0.4 is 9.62 Å². The first-order chi connectivity index (χ1) is 13.6. The Morgan fingerprint density at radius 3 is 2.17 bits per heavy atom. The van der Waals surface area contributed by atoms with Crippen molar-refractivity contribution in [3.05, 3.63) is 65.2 Å². The van der Waals surface area contributed by atoms with E-state index in [1.165, 1.54) is 9.87 Å². The summed E-state index contributed by atoms with van der Waals surface area (Å²) in [6, 6.07) is 14.9. The minimum atomic E-state index is -3.63. The van der Waals surface area contributed by atoms with Gasteiger partial charge in [0, 0.05) is 6.04 Å². The number of anilines is 1. The van der Waals surface area contributed by atoms with E-state index >= 15 is 0 Å². The molecular weight excluding hydrogens is 384 g/mol. The van der Waals surface area contributed by atoms with E-state index in [-0.39, 0.29) is 11.9 Å². The molecule has 2 aromatic rings. The molecule has 1 amide bonds. The van der Waals surface area contributed by atoms with E-state index in [2.05, 4.69) is 17.4 Å². The summed E-state index contributed by atoms with van der Waals surface area (Å²) in [5, 5.41) is 3.01. The summed E-state index contributed by atoms with van der Waals surface area (Å²) in [5.41, 5.74) is 3.66. The molecule has 158 valence electrons. The molecule has 2 rings (SSSR count). The number of aryl methyl sites for hydroxylation is 3. The molecular formula is C23H32N2O3S. The second-order valence-corrected chi connectivity index (χ2v) is 9.62. The lowest BCUT2D eigenvalue weighted by molar-refractivity contribution is -0.122. The van der Waals surface area contributed by atoms with E-state index in [1.54, 1.807) is 0 Å². The Kier molecular flexibility index (Phi) is 7.85. The highest BCUT2D eigenvalue weighted by Crippen LogP contribution is 2.25. The van der Waals surface area contributed by atoms with Crippen molar-refractivity contribution in [3.63, 3.8) is 0 Å². The van der Waals surface area contributed by atoms with E-state index in [0.717, 1.165) is 30.2 Å². The minimum Gasteiger partial charge on any atom is -0.352 e. The van der Waals surface area contributed by atoms with Crippen molar-refractivity contribution in [3.8, 4) is 0 Å². The standard InChI is InChI=1S/C23H32N2O3S/c1-6-22(23(26)24-19(4)12-13-20-10-8-7-9-11-20)25(29(5,27)28)21-15-17(2)14-18(3)16-21/h7-11,14-16,19,22H,6,12-13H2,1-5H3,(H,24,26)/t19-,22+/m0/s1. The van der Waals surface area contributed by atoms with E-state index in [9.17, 15) is 13.2 Å². The van der Waals surface area contributed by atoms with Gasteiger partial charge in [-0.3, -0.25) is 9.10 Å². The van der Waals surface area contributed by atoms with Gasteiger partial charge in [0.05, 0.1) is 11.9 Å². The fourth-order valence-corrected chi connectivity index (χ4v) is 4.77. The minimum absolute atomic E-state index is 0.0580. The number of carbonyl (C=O) groups excluding carboxylic acids is 1. The molecule has 0 fully saturated rings. The first-order valence-corrected chi connectivity index (χ1v) is 11.9. The second-order valence-electron chi connectivity index (χ2n) is 7.76. The van der Waals surface area contributed by atoms with Crippen molar-refractivity contribution in [1.82, 2.24) is 5.32 Å². The number of nitrogens with one attached hydrogen (secondary N) is 1. The molecule has 0 bridgehead atoms. The summed E-state index contributed by atoms with van der Waals surface area (Å²) in [6.07, 6.45) is 3.18. The predicted molar refractivity (Wildman–Crippen MR) is 120 cm³/mol. The zero-order valence-corrected chi connectivity index (χ0v) is 18.8. The molecule has 0 aliphatic carbocycles. The zero-order valence-electron chi connectivity index (χ0n) is 18.0. The summed E-state index contributed by atoms with van der Waals surface area (Å²) >= 11 is 0. The van der Waals surface area contributed by atoms with Crippen LogP contribution in [0.2, 0.25) is 0 Å². The molecule has 29 heavy (non-hydrogen) atoms. The number of rotatable bonds is 9. The molecule has 0 aliphatic rings. The fraction of sp³-hybridized carbons (Fsp3) is 0.435. The quantitative estimate of drug-likeness (QED) is 0.672. The van der Waals surface area contributed by atoms with Gasteiger partial charge >= 0.3 is 0 Å². The maximum absolute atomic E-state index is 13.0. The van der Waals surface area contributed by atoms with Gasteiger partial charge in [-0.05, 0) is 68.9 Å². The highest BCUT2D eigenvalue weighted by atomic mass is 32.2. The molecule has 6 heteroatoms. The molecule has 0 radical (unpaired) electrons. The molecule has 0 heterocycles. The van der Waals surface area contributed by atoms with Crippen molar-refractivity contribution < 1.29 is 13.2 Å². The first kappa shape index (κ1) is 22.9. The average molecular weight is 417 g/mol. The molecule has 0 unspecified atom stereocenters. The van der Waals surface area contributed by atoms with Crippen molar-refractivity contribution in [2.45, 2.75) is 59.0 Å². The Bertz CT molecular complexity index is 906. The maximum atomic E-state index is 13.0. The van der Waals surface area contributed by atoms with Crippen molar-refractivity contribution in [1.29, 1.82) is 0 Å². The highest BCUT2D eigenvalue weighted by molar-refractivity contribution is 7.92. The van der Waals surface area contributed by atoms with Gasteiger partial charge in [-0.15, -0.1) is 0 Å². The second kappa shape index (κ2) is 9.92. The van der Waals surface area contributed by atoms with Crippen LogP contribution in [0.3, 0.4) is 0 Å². The summed E-state index contributed by atoms with van der Waals surface area (Å²) < 4.78 is 26.5. The van der Waals surface area contributed by atoms with Gasteiger partial charge in [0.2, 0.25) is 15.9 Å². The lowest BCUT2D eigenvalue weighted by Crippen LogP contribution is -2.51. The topological polar surface area (TPSA) is 66.5 Å². The highest BCUT2D eigenvalue weighted by Gasteiger charge is 2.32. The molecule has 5 nitrogen and oxygen atoms in total. The Labute approximate surface area is 175 Å². The number of hydrogen-bond acceptors (Lipinski definition) is 3. The number of nitrogens with zero attached hydrogens (tertiary/aromatic N) is 1. The van der Waals surface area contributed by atoms with E-state index in [0.29, 0.717) is 12.1 Å². The maximum Gasteiger partial charge on any atom is 0.244 e. The van der Waals surface area contributed by atoms with Crippen LogP contribution in [0.4, 0.5) is 5.69 Å². The molecule has 0 aromatic heterocycles. The van der Waals surface area contributed by atoms with Gasteiger partial charge in [0.25, 0.3) is 0 Å². The molecule has 0 saturated carbocycles. The normalized spacial score (nSPS) is 13.6. The number of carbonyl (C=O) groups is 1. The molecule has 0 aliphatic heterocycles. The van der Waals surface area contributed by atoms with Crippen molar-refractivity contribution >= 4 is 21.6 Å². The van der Waals surface area contributed by atoms with Crippen molar-refractivity contribution in [2.75, 3.05) is 10.6 Å². The van der Waals surface area contributed by atoms with Gasteiger partial charge in [0.1, 0.15) is 6.04 Å². The van der Waals surface area contributed by atoms with Crippen molar-refractivity contribution in [2.24, 2.45) is 0 Å². The molecule has 2 aromatic carbocycles. The third-order valence-electron chi connectivity index (χ3n) is 4.89. The number of amides is 1. The number of hydrogen-bond donors (Lipinski definition) is 1. The summed E-state index contributed by atoms with van der Waals surface area (Å²) in [6.45, 7) is 7.63. The number of sulfonamides is 1. The van der Waals surface area contributed by atoms with E-state index < -0.39 is 16.1 Å². The zero-order chi connectivity index (χ0) is 21.6. The Hall–Kier alpha value is -2.34. The van der Waals surface area contributed by atoms with Gasteiger partial charge in [-0.2, -0.15) is 0 Å². The van der Waals surface area contributed by atoms with E-state index in [1.807, 2.05) is 64.1 Å². The Morgan fingerprint density at radius 1 is 1.07 bits per heavy atom. The molecule has 0 saturated heterocycles. The lowest BCUT2D eigenvalue weighted by atomic mass is 10.1.